The molecular weight excluding hydrogens is 204 g/mol. The average Bonchev–Trinajstić information content (AvgIpc) is 2.87. The summed E-state index contributed by atoms with van der Waals surface area (Å²) in [4.78, 5) is 12.1. The van der Waals surface area contributed by atoms with E-state index in [1.165, 1.54) is 0 Å². The summed E-state index contributed by atoms with van der Waals surface area (Å²) in [5, 5.41) is 15.8. The molecule has 0 bridgehead atoms. The van der Waals surface area contributed by atoms with Crippen LogP contribution < -0.4 is 10.6 Å². The zero-order valence-corrected chi connectivity index (χ0v) is 9.96. The molecule has 0 radical (unpaired) electrons. The van der Waals surface area contributed by atoms with Crippen LogP contribution in [0.15, 0.2) is 0 Å². The first-order valence-electron chi connectivity index (χ1n) is 6.30. The Hall–Kier alpha value is -0.610. The van der Waals surface area contributed by atoms with Crippen molar-refractivity contribution in [1.29, 1.82) is 0 Å². The van der Waals surface area contributed by atoms with E-state index < -0.39 is 0 Å². The number of aliphatic hydroxyl groups is 1. The van der Waals surface area contributed by atoms with E-state index in [0.29, 0.717) is 5.92 Å². The monoisotopic (exact) mass is 226 g/mol. The first-order chi connectivity index (χ1) is 7.67. The summed E-state index contributed by atoms with van der Waals surface area (Å²) in [6, 6.07) is 0. The number of nitrogens with one attached hydrogen (secondary N) is 2. The fourth-order valence-corrected chi connectivity index (χ4v) is 2.89. The third kappa shape index (κ3) is 2.23. The van der Waals surface area contributed by atoms with Crippen LogP contribution >= 0.6 is 0 Å². The van der Waals surface area contributed by atoms with Crippen LogP contribution in [0.2, 0.25) is 0 Å². The highest BCUT2D eigenvalue weighted by molar-refractivity contribution is 5.80. The van der Waals surface area contributed by atoms with Gasteiger partial charge in [0.25, 0.3) is 0 Å². The van der Waals surface area contributed by atoms with E-state index in [9.17, 15) is 9.90 Å². The minimum absolute atomic E-state index is 0.0732. The van der Waals surface area contributed by atoms with Gasteiger partial charge in [-0.05, 0) is 25.3 Å². The summed E-state index contributed by atoms with van der Waals surface area (Å²) in [6.07, 6.45) is 4.06. The van der Waals surface area contributed by atoms with Gasteiger partial charge in [0.1, 0.15) is 0 Å². The standard InChI is InChI=1S/C12H22N2O2/c1-9-6-13-7-10(9)11(16)14-12(8-15)4-2-3-5-12/h9-10,13,15H,2-8H2,1H3,(H,14,16)/t9-,10-/m1/s1. The Morgan fingerprint density at radius 3 is 2.62 bits per heavy atom. The highest BCUT2D eigenvalue weighted by Gasteiger charge is 2.38. The lowest BCUT2D eigenvalue weighted by molar-refractivity contribution is -0.128. The first kappa shape index (κ1) is 11.9. The second-order valence-electron chi connectivity index (χ2n) is 5.38. The molecule has 4 heteroatoms. The van der Waals surface area contributed by atoms with E-state index in [0.717, 1.165) is 38.8 Å². The third-order valence-electron chi connectivity index (χ3n) is 4.11. The number of carbonyl (C=O) groups excluding carboxylic acids is 1. The maximum Gasteiger partial charge on any atom is 0.225 e. The van der Waals surface area contributed by atoms with Crippen molar-refractivity contribution in [1.82, 2.24) is 10.6 Å². The van der Waals surface area contributed by atoms with Crippen LogP contribution in [0.5, 0.6) is 0 Å². The lowest BCUT2D eigenvalue weighted by Crippen LogP contribution is -2.52. The normalized spacial score (nSPS) is 32.9. The van der Waals surface area contributed by atoms with Crippen molar-refractivity contribution in [3.8, 4) is 0 Å². The smallest absolute Gasteiger partial charge is 0.225 e. The van der Waals surface area contributed by atoms with Crippen molar-refractivity contribution in [2.75, 3.05) is 19.7 Å². The number of rotatable bonds is 3. The Bertz CT molecular complexity index is 262. The van der Waals surface area contributed by atoms with Gasteiger partial charge in [-0.2, -0.15) is 0 Å². The highest BCUT2D eigenvalue weighted by atomic mass is 16.3. The molecule has 1 amide bonds. The zero-order chi connectivity index (χ0) is 11.6. The molecule has 2 fully saturated rings. The van der Waals surface area contributed by atoms with E-state index in [-0.39, 0.29) is 24.0 Å². The number of carbonyl (C=O) groups is 1. The van der Waals surface area contributed by atoms with Gasteiger partial charge < -0.3 is 15.7 Å². The first-order valence-corrected chi connectivity index (χ1v) is 6.30. The summed E-state index contributed by atoms with van der Waals surface area (Å²) >= 11 is 0. The van der Waals surface area contributed by atoms with Crippen LogP contribution in [0.1, 0.15) is 32.6 Å². The Balaban J connectivity index is 1.95. The van der Waals surface area contributed by atoms with Crippen LogP contribution in [0, 0.1) is 11.8 Å². The molecule has 0 aromatic rings. The lowest BCUT2D eigenvalue weighted by atomic mass is 9.93. The number of amides is 1. The highest BCUT2D eigenvalue weighted by Crippen LogP contribution is 2.30. The van der Waals surface area contributed by atoms with Gasteiger partial charge in [0.15, 0.2) is 0 Å². The molecule has 2 aliphatic rings. The second-order valence-corrected chi connectivity index (χ2v) is 5.38. The topological polar surface area (TPSA) is 61.4 Å². The maximum atomic E-state index is 12.1. The van der Waals surface area contributed by atoms with E-state index in [1.54, 1.807) is 0 Å². The SMILES string of the molecule is C[C@@H]1CNC[C@H]1C(=O)NC1(CO)CCCC1. The van der Waals surface area contributed by atoms with Crippen molar-refractivity contribution in [2.24, 2.45) is 11.8 Å². The molecule has 2 rings (SSSR count). The molecule has 2 atom stereocenters. The van der Waals surface area contributed by atoms with Crippen molar-refractivity contribution < 1.29 is 9.90 Å². The van der Waals surface area contributed by atoms with Crippen molar-refractivity contribution >= 4 is 5.91 Å². The molecule has 4 nitrogen and oxygen atoms in total. The predicted molar refractivity (Wildman–Crippen MR) is 62.0 cm³/mol. The van der Waals surface area contributed by atoms with Crippen molar-refractivity contribution in [2.45, 2.75) is 38.1 Å². The summed E-state index contributed by atoms with van der Waals surface area (Å²) in [5.74, 6) is 0.592. The second kappa shape index (κ2) is 4.72. The zero-order valence-electron chi connectivity index (χ0n) is 9.96. The molecule has 1 saturated heterocycles. The molecule has 1 aliphatic heterocycles. The van der Waals surface area contributed by atoms with Gasteiger partial charge in [0.05, 0.1) is 18.1 Å². The Morgan fingerprint density at radius 1 is 1.44 bits per heavy atom. The van der Waals surface area contributed by atoms with Crippen LogP contribution in [-0.4, -0.2) is 36.2 Å². The summed E-state index contributed by atoms with van der Waals surface area (Å²) < 4.78 is 0. The van der Waals surface area contributed by atoms with Gasteiger partial charge in [-0.3, -0.25) is 4.79 Å². The van der Waals surface area contributed by atoms with E-state index in [2.05, 4.69) is 17.6 Å². The van der Waals surface area contributed by atoms with Crippen molar-refractivity contribution in [3.05, 3.63) is 0 Å². The van der Waals surface area contributed by atoms with Crippen LogP contribution in [0.4, 0.5) is 0 Å². The van der Waals surface area contributed by atoms with Crippen molar-refractivity contribution in [3.63, 3.8) is 0 Å². The van der Waals surface area contributed by atoms with Gasteiger partial charge >= 0.3 is 0 Å². The molecule has 92 valence electrons. The predicted octanol–water partition coefficient (Wildman–Crippen LogP) is 0.263. The van der Waals surface area contributed by atoms with Crippen LogP contribution in [0.3, 0.4) is 0 Å². The molecule has 0 spiro atoms. The molecule has 1 heterocycles. The molecule has 0 aromatic carbocycles. The molecule has 1 aliphatic carbocycles. The summed E-state index contributed by atoms with van der Waals surface area (Å²) in [6.45, 7) is 3.87. The minimum Gasteiger partial charge on any atom is -0.394 e. The van der Waals surface area contributed by atoms with Crippen LogP contribution in [0.25, 0.3) is 0 Å². The maximum absolute atomic E-state index is 12.1. The summed E-state index contributed by atoms with van der Waals surface area (Å²) in [5.41, 5.74) is -0.320. The summed E-state index contributed by atoms with van der Waals surface area (Å²) in [7, 11) is 0. The number of hydrogen-bond donors (Lipinski definition) is 3. The quantitative estimate of drug-likeness (QED) is 0.647. The fourth-order valence-electron chi connectivity index (χ4n) is 2.89. The van der Waals surface area contributed by atoms with Gasteiger partial charge in [-0.25, -0.2) is 0 Å². The van der Waals surface area contributed by atoms with E-state index in [4.69, 9.17) is 0 Å². The molecule has 0 aromatic heterocycles. The lowest BCUT2D eigenvalue weighted by Gasteiger charge is -2.30. The van der Waals surface area contributed by atoms with Gasteiger partial charge in [-0.15, -0.1) is 0 Å². The number of hydrogen-bond acceptors (Lipinski definition) is 3. The molecule has 3 N–H and O–H groups in total. The Kier molecular flexibility index (Phi) is 3.50. The van der Waals surface area contributed by atoms with Gasteiger partial charge in [0, 0.05) is 6.54 Å². The molecule has 0 unspecified atom stereocenters. The molecule has 16 heavy (non-hydrogen) atoms. The number of aliphatic hydroxyl groups excluding tert-OH is 1. The molecular formula is C12H22N2O2. The Labute approximate surface area is 96.8 Å². The third-order valence-corrected chi connectivity index (χ3v) is 4.11. The van der Waals surface area contributed by atoms with Crippen LogP contribution in [-0.2, 0) is 4.79 Å². The fraction of sp³-hybridized carbons (Fsp3) is 0.917. The van der Waals surface area contributed by atoms with Gasteiger partial charge in [-0.1, -0.05) is 19.8 Å². The van der Waals surface area contributed by atoms with E-state index in [1.807, 2.05) is 0 Å². The Morgan fingerprint density at radius 2 is 2.12 bits per heavy atom. The molecule has 1 saturated carbocycles. The van der Waals surface area contributed by atoms with E-state index >= 15 is 0 Å². The minimum atomic E-state index is -0.320. The largest absolute Gasteiger partial charge is 0.394 e. The van der Waals surface area contributed by atoms with Gasteiger partial charge in [0.2, 0.25) is 5.91 Å². The average molecular weight is 226 g/mol.